The highest BCUT2D eigenvalue weighted by Gasteiger charge is 2.51. The molecule has 4 bridgehead atoms. The number of hydrogen-bond donors (Lipinski definition) is 2. The fourth-order valence-corrected chi connectivity index (χ4v) is 6.94. The number of aromatic carboxylic acids is 1. The van der Waals surface area contributed by atoms with E-state index in [1.54, 1.807) is 0 Å². The van der Waals surface area contributed by atoms with Crippen LogP contribution in [0.5, 0.6) is 5.75 Å². The van der Waals surface area contributed by atoms with Crippen LogP contribution in [-0.4, -0.2) is 20.7 Å². The van der Waals surface area contributed by atoms with Crippen LogP contribution in [0.1, 0.15) is 49.0 Å². The van der Waals surface area contributed by atoms with E-state index in [2.05, 4.69) is 0 Å². The van der Waals surface area contributed by atoms with E-state index in [-0.39, 0.29) is 31.9 Å². The van der Waals surface area contributed by atoms with Gasteiger partial charge in [-0.05, 0) is 73.8 Å². The monoisotopic (exact) mass is 421 g/mol. The number of carbonyl (C=O) groups is 1. The highest BCUT2D eigenvalue weighted by Crippen LogP contribution is 2.60. The summed E-state index contributed by atoms with van der Waals surface area (Å²) in [5.41, 5.74) is -0.842. The number of aromatic hydroxyl groups is 1. The van der Waals surface area contributed by atoms with Crippen molar-refractivity contribution in [1.82, 2.24) is 4.57 Å². The molecule has 2 N–H and O–H groups in total. The molecule has 6 rings (SSSR count). The predicted octanol–water partition coefficient (Wildman–Crippen LogP) is 4.93. The Morgan fingerprint density at radius 1 is 1.04 bits per heavy atom. The van der Waals surface area contributed by atoms with Gasteiger partial charge in [0.05, 0.1) is 15.4 Å². The lowest BCUT2D eigenvalue weighted by Crippen LogP contribution is -2.49. The molecule has 28 heavy (non-hydrogen) atoms. The van der Waals surface area contributed by atoms with E-state index in [0.717, 1.165) is 19.3 Å². The van der Waals surface area contributed by atoms with Gasteiger partial charge >= 0.3 is 5.97 Å². The summed E-state index contributed by atoms with van der Waals surface area (Å²) in [6.07, 6.45) is 6.88. The Kier molecular flexibility index (Phi) is 4.01. The lowest BCUT2D eigenvalue weighted by Gasteiger charge is -2.57. The zero-order chi connectivity index (χ0) is 19.8. The quantitative estimate of drug-likeness (QED) is 0.735. The first-order valence-corrected chi connectivity index (χ1v) is 10.5. The molecule has 0 spiro atoms. The zero-order valence-electron chi connectivity index (χ0n) is 15.3. The number of aromatic nitrogens is 1. The number of rotatable bonds is 3. The molecule has 4 aliphatic rings. The number of fused-ring (bicyclic) bond motifs is 1. The normalized spacial score (nSPS) is 30.9. The number of halogens is 2. The Labute approximate surface area is 171 Å². The van der Waals surface area contributed by atoms with Gasteiger partial charge in [-0.15, -0.1) is 0 Å². The van der Waals surface area contributed by atoms with Gasteiger partial charge in [-0.1, -0.05) is 23.2 Å². The second kappa shape index (κ2) is 6.14. The van der Waals surface area contributed by atoms with Gasteiger partial charge in [-0.3, -0.25) is 9.36 Å². The van der Waals surface area contributed by atoms with Gasteiger partial charge < -0.3 is 10.2 Å². The van der Waals surface area contributed by atoms with E-state index in [1.807, 2.05) is 0 Å². The first-order chi connectivity index (χ1) is 13.3. The zero-order valence-corrected chi connectivity index (χ0v) is 16.8. The Morgan fingerprint density at radius 3 is 2.04 bits per heavy atom. The SMILES string of the molecule is O=C(O)c1c(O)c2cc(Cl)c(Cl)cc2c(=O)n1CC12CC3CC(CC(C3)C1)C2. The number of carboxylic acid groups (broad SMARTS) is 1. The summed E-state index contributed by atoms with van der Waals surface area (Å²) in [5, 5.41) is 21.2. The van der Waals surface area contributed by atoms with Crippen molar-refractivity contribution in [2.24, 2.45) is 23.2 Å². The molecule has 1 heterocycles. The largest absolute Gasteiger partial charge is 0.505 e. The van der Waals surface area contributed by atoms with Crippen LogP contribution >= 0.6 is 23.2 Å². The minimum Gasteiger partial charge on any atom is -0.505 e. The van der Waals surface area contributed by atoms with Crippen molar-refractivity contribution in [3.63, 3.8) is 0 Å². The molecule has 0 unspecified atom stereocenters. The second-order valence-electron chi connectivity index (χ2n) is 9.12. The first-order valence-electron chi connectivity index (χ1n) is 9.74. The Bertz CT molecular complexity index is 1040. The van der Waals surface area contributed by atoms with Gasteiger partial charge in [-0.25, -0.2) is 4.79 Å². The molecule has 0 aliphatic heterocycles. The first kappa shape index (κ1) is 18.3. The van der Waals surface area contributed by atoms with Crippen LogP contribution in [0.2, 0.25) is 10.0 Å². The summed E-state index contributed by atoms with van der Waals surface area (Å²) in [4.78, 5) is 25.3. The minimum atomic E-state index is -1.31. The molecular weight excluding hydrogens is 401 g/mol. The molecule has 0 radical (unpaired) electrons. The van der Waals surface area contributed by atoms with Gasteiger partial charge in [0, 0.05) is 11.9 Å². The van der Waals surface area contributed by atoms with E-state index in [4.69, 9.17) is 23.2 Å². The number of benzene rings is 1. The molecular formula is C21H21Cl2NO4. The Morgan fingerprint density at radius 2 is 1.54 bits per heavy atom. The van der Waals surface area contributed by atoms with E-state index in [0.29, 0.717) is 24.3 Å². The average Bonchev–Trinajstić information content (AvgIpc) is 2.59. The highest BCUT2D eigenvalue weighted by atomic mass is 35.5. The fourth-order valence-electron chi connectivity index (χ4n) is 6.61. The smallest absolute Gasteiger partial charge is 0.356 e. The summed E-state index contributed by atoms with van der Waals surface area (Å²) in [5.74, 6) is 0.297. The van der Waals surface area contributed by atoms with Crippen molar-refractivity contribution >= 4 is 39.9 Å². The topological polar surface area (TPSA) is 79.5 Å². The fraction of sp³-hybridized carbons (Fsp3) is 0.524. The summed E-state index contributed by atoms with van der Waals surface area (Å²) in [6, 6.07) is 2.78. The van der Waals surface area contributed by atoms with Gasteiger partial charge in [-0.2, -0.15) is 0 Å². The van der Waals surface area contributed by atoms with Crippen LogP contribution in [0.3, 0.4) is 0 Å². The number of nitrogens with zero attached hydrogens (tertiary/aromatic N) is 1. The Hall–Kier alpha value is -1.72. The van der Waals surface area contributed by atoms with Crippen LogP contribution in [0.4, 0.5) is 0 Å². The number of carboxylic acids is 1. The van der Waals surface area contributed by atoms with Crippen LogP contribution in [0, 0.1) is 23.2 Å². The van der Waals surface area contributed by atoms with E-state index in [1.165, 1.54) is 36.0 Å². The third kappa shape index (κ3) is 2.66. The number of hydrogen-bond acceptors (Lipinski definition) is 3. The maximum absolute atomic E-state index is 13.3. The average molecular weight is 422 g/mol. The highest BCUT2D eigenvalue weighted by molar-refractivity contribution is 6.42. The van der Waals surface area contributed by atoms with Crippen molar-refractivity contribution in [1.29, 1.82) is 0 Å². The van der Waals surface area contributed by atoms with Crippen molar-refractivity contribution in [3.8, 4) is 5.75 Å². The predicted molar refractivity (Wildman–Crippen MR) is 107 cm³/mol. The maximum Gasteiger partial charge on any atom is 0.356 e. The van der Waals surface area contributed by atoms with Crippen molar-refractivity contribution in [3.05, 3.63) is 38.2 Å². The number of pyridine rings is 1. The molecule has 7 heteroatoms. The molecule has 1 aromatic heterocycles. The summed E-state index contributed by atoms with van der Waals surface area (Å²) in [6.45, 7) is 0.334. The van der Waals surface area contributed by atoms with E-state index < -0.39 is 17.3 Å². The Balaban J connectivity index is 1.70. The molecule has 2 aromatic rings. The lowest BCUT2D eigenvalue weighted by molar-refractivity contribution is -0.0626. The van der Waals surface area contributed by atoms with Crippen molar-refractivity contribution in [2.75, 3.05) is 0 Å². The minimum absolute atomic E-state index is 0.0564. The molecule has 4 fully saturated rings. The van der Waals surface area contributed by atoms with Gasteiger partial charge in [0.25, 0.3) is 5.56 Å². The standard InChI is InChI=1S/C21H21Cl2NO4/c22-15-4-13-14(5-16(15)23)19(26)24(17(18(13)25)20(27)28)9-21-6-10-1-11(7-21)3-12(2-10)8-21/h4-5,10-12,25H,1-3,6-9H2,(H,27,28). The molecule has 148 valence electrons. The summed E-state index contributed by atoms with van der Waals surface area (Å²) >= 11 is 12.1. The molecule has 5 nitrogen and oxygen atoms in total. The van der Waals surface area contributed by atoms with Crippen LogP contribution in [0.25, 0.3) is 10.8 Å². The molecule has 0 amide bonds. The lowest BCUT2D eigenvalue weighted by atomic mass is 9.49. The van der Waals surface area contributed by atoms with E-state index in [9.17, 15) is 19.8 Å². The van der Waals surface area contributed by atoms with Crippen molar-refractivity contribution < 1.29 is 15.0 Å². The maximum atomic E-state index is 13.3. The summed E-state index contributed by atoms with van der Waals surface area (Å²) in [7, 11) is 0. The van der Waals surface area contributed by atoms with Crippen LogP contribution in [-0.2, 0) is 6.54 Å². The third-order valence-corrected chi connectivity index (χ3v) is 7.87. The second-order valence-corrected chi connectivity index (χ2v) is 9.94. The van der Waals surface area contributed by atoms with Crippen LogP contribution < -0.4 is 5.56 Å². The van der Waals surface area contributed by atoms with Gasteiger partial charge in [0.1, 0.15) is 0 Å². The molecule has 4 saturated carbocycles. The summed E-state index contributed by atoms with van der Waals surface area (Å²) < 4.78 is 1.28. The third-order valence-electron chi connectivity index (χ3n) is 7.15. The molecule has 4 aliphatic carbocycles. The van der Waals surface area contributed by atoms with Crippen LogP contribution in [0.15, 0.2) is 16.9 Å². The molecule has 0 saturated heterocycles. The molecule has 1 aromatic carbocycles. The van der Waals surface area contributed by atoms with Gasteiger partial charge in [0.2, 0.25) is 0 Å². The van der Waals surface area contributed by atoms with Crippen molar-refractivity contribution in [2.45, 2.75) is 45.1 Å². The molecule has 0 atom stereocenters. The van der Waals surface area contributed by atoms with Gasteiger partial charge in [0.15, 0.2) is 11.4 Å². The van der Waals surface area contributed by atoms with E-state index >= 15 is 0 Å².